The summed E-state index contributed by atoms with van der Waals surface area (Å²) in [5.74, 6) is -0.414. The summed E-state index contributed by atoms with van der Waals surface area (Å²) in [6.07, 6.45) is 3.68. The topological polar surface area (TPSA) is 67.9 Å². The van der Waals surface area contributed by atoms with E-state index < -0.39 is 11.8 Å². The number of carbonyl (C=O) groups is 2. The number of carbonyl (C=O) groups excluding carboxylic acids is 2. The summed E-state index contributed by atoms with van der Waals surface area (Å²) in [5, 5.41) is 1.22. The zero-order valence-electron chi connectivity index (χ0n) is 19.3. The van der Waals surface area contributed by atoms with Crippen LogP contribution in [0.2, 0.25) is 0 Å². The van der Waals surface area contributed by atoms with Gasteiger partial charge in [0.2, 0.25) is 0 Å². The fourth-order valence-corrected chi connectivity index (χ4v) is 3.75. The highest BCUT2D eigenvalue weighted by atomic mass is 19.1. The molecule has 0 aromatic heterocycles. The van der Waals surface area contributed by atoms with E-state index in [0.29, 0.717) is 41.3 Å². The predicted octanol–water partition coefficient (Wildman–Crippen LogP) is 4.99. The van der Waals surface area contributed by atoms with Gasteiger partial charge in [0.1, 0.15) is 18.0 Å². The summed E-state index contributed by atoms with van der Waals surface area (Å²) < 4.78 is 25.9. The maximum atomic E-state index is 14.1. The Kier molecular flexibility index (Phi) is 7.26. The minimum absolute atomic E-state index is 0.000814. The van der Waals surface area contributed by atoms with Crippen molar-refractivity contribution in [2.45, 2.75) is 20.0 Å². The predicted molar refractivity (Wildman–Crippen MR) is 132 cm³/mol. The summed E-state index contributed by atoms with van der Waals surface area (Å²) in [6.45, 7) is 6.03. The summed E-state index contributed by atoms with van der Waals surface area (Å²) in [5.41, 5.74) is 4.91. The summed E-state index contributed by atoms with van der Waals surface area (Å²) in [7, 11) is 0. The van der Waals surface area contributed by atoms with Crippen molar-refractivity contribution in [3.8, 4) is 11.5 Å². The number of para-hydroxylation sites is 1. The standard InChI is InChI=1S/C28H25FN2O4/c1-3-10-20-15-19(16-23-27(32)30-31(28(23)33)22-12-6-5-7-13-22)17-25(34-4-2)26(20)35-18-21-11-8-9-14-24(21)29/h3,5-9,11-17H,1,4,10,18H2,2H3,(H,30,32)/b23-16-. The summed E-state index contributed by atoms with van der Waals surface area (Å²) >= 11 is 0. The molecular formula is C28H25FN2O4. The smallest absolute Gasteiger partial charge is 0.282 e. The van der Waals surface area contributed by atoms with Gasteiger partial charge in [0, 0.05) is 11.1 Å². The molecule has 178 valence electrons. The van der Waals surface area contributed by atoms with Crippen LogP contribution in [0.25, 0.3) is 6.08 Å². The number of nitrogens with zero attached hydrogens (tertiary/aromatic N) is 1. The van der Waals surface area contributed by atoms with Gasteiger partial charge in [0.15, 0.2) is 11.5 Å². The molecule has 35 heavy (non-hydrogen) atoms. The molecule has 0 spiro atoms. The Morgan fingerprint density at radius 3 is 2.46 bits per heavy atom. The Labute approximate surface area is 203 Å². The SMILES string of the molecule is C=CCc1cc(/C=C2/C(=O)NN(c3ccccc3)C2=O)cc(OCC)c1OCc1ccccc1F. The zero-order valence-corrected chi connectivity index (χ0v) is 19.3. The van der Waals surface area contributed by atoms with E-state index in [4.69, 9.17) is 9.47 Å². The van der Waals surface area contributed by atoms with Gasteiger partial charge < -0.3 is 9.47 Å². The first-order valence-corrected chi connectivity index (χ1v) is 11.2. The average molecular weight is 473 g/mol. The highest BCUT2D eigenvalue weighted by molar-refractivity contribution is 6.31. The maximum Gasteiger partial charge on any atom is 0.282 e. The maximum absolute atomic E-state index is 14.1. The second kappa shape index (κ2) is 10.7. The van der Waals surface area contributed by atoms with Crippen molar-refractivity contribution in [2.75, 3.05) is 11.6 Å². The van der Waals surface area contributed by atoms with Crippen LogP contribution in [0.1, 0.15) is 23.6 Å². The van der Waals surface area contributed by atoms with Crippen LogP contribution < -0.4 is 19.9 Å². The molecule has 6 nitrogen and oxygen atoms in total. The molecule has 3 aromatic carbocycles. The number of hydrogen-bond acceptors (Lipinski definition) is 4. The number of hydrazine groups is 1. The van der Waals surface area contributed by atoms with Crippen LogP contribution in [0.15, 0.2) is 85.0 Å². The number of anilines is 1. The van der Waals surface area contributed by atoms with E-state index in [2.05, 4.69) is 12.0 Å². The van der Waals surface area contributed by atoms with E-state index in [1.165, 1.54) is 17.2 Å². The third-order valence-corrected chi connectivity index (χ3v) is 5.36. The van der Waals surface area contributed by atoms with Crippen molar-refractivity contribution >= 4 is 23.6 Å². The van der Waals surface area contributed by atoms with Crippen LogP contribution in [0, 0.1) is 5.82 Å². The van der Waals surface area contributed by atoms with Crippen LogP contribution >= 0.6 is 0 Å². The Morgan fingerprint density at radius 2 is 1.74 bits per heavy atom. The lowest BCUT2D eigenvalue weighted by molar-refractivity contribution is -0.117. The molecule has 1 fully saturated rings. The third-order valence-electron chi connectivity index (χ3n) is 5.36. The van der Waals surface area contributed by atoms with Crippen molar-refractivity contribution in [3.05, 3.63) is 107 Å². The largest absolute Gasteiger partial charge is 0.490 e. The van der Waals surface area contributed by atoms with Gasteiger partial charge in [-0.2, -0.15) is 0 Å². The van der Waals surface area contributed by atoms with Crippen LogP contribution in [0.3, 0.4) is 0 Å². The number of rotatable bonds is 9. The highest BCUT2D eigenvalue weighted by Crippen LogP contribution is 2.36. The van der Waals surface area contributed by atoms with Crippen LogP contribution in [-0.2, 0) is 22.6 Å². The van der Waals surface area contributed by atoms with Gasteiger partial charge in [-0.25, -0.2) is 9.40 Å². The molecule has 1 heterocycles. The van der Waals surface area contributed by atoms with Gasteiger partial charge in [0.05, 0.1) is 12.3 Å². The minimum Gasteiger partial charge on any atom is -0.490 e. The molecule has 1 N–H and O–H groups in total. The number of benzene rings is 3. The van der Waals surface area contributed by atoms with E-state index in [1.807, 2.05) is 13.0 Å². The van der Waals surface area contributed by atoms with Crippen molar-refractivity contribution in [1.29, 1.82) is 0 Å². The summed E-state index contributed by atoms with van der Waals surface area (Å²) in [6, 6.07) is 18.8. The number of halogens is 1. The zero-order chi connectivity index (χ0) is 24.8. The van der Waals surface area contributed by atoms with Gasteiger partial charge in [-0.1, -0.05) is 42.5 Å². The Hall–Kier alpha value is -4.39. The normalized spacial score (nSPS) is 14.2. The van der Waals surface area contributed by atoms with E-state index in [0.717, 1.165) is 5.56 Å². The van der Waals surface area contributed by atoms with Gasteiger partial charge in [-0.05, 0) is 55.3 Å². The molecule has 0 unspecified atom stereocenters. The van der Waals surface area contributed by atoms with E-state index in [1.54, 1.807) is 60.7 Å². The molecule has 0 radical (unpaired) electrons. The molecule has 3 aromatic rings. The molecule has 0 saturated carbocycles. The number of amides is 2. The van der Waals surface area contributed by atoms with E-state index >= 15 is 0 Å². The number of hydrogen-bond donors (Lipinski definition) is 1. The molecule has 0 bridgehead atoms. The molecule has 1 aliphatic heterocycles. The first-order valence-electron chi connectivity index (χ1n) is 11.2. The molecule has 7 heteroatoms. The van der Waals surface area contributed by atoms with Crippen molar-refractivity contribution in [2.24, 2.45) is 0 Å². The van der Waals surface area contributed by atoms with Crippen molar-refractivity contribution in [1.82, 2.24) is 5.43 Å². The first kappa shape index (κ1) is 23.8. The van der Waals surface area contributed by atoms with E-state index in [9.17, 15) is 14.0 Å². The molecular weight excluding hydrogens is 447 g/mol. The van der Waals surface area contributed by atoms with Gasteiger partial charge >= 0.3 is 0 Å². The summed E-state index contributed by atoms with van der Waals surface area (Å²) in [4.78, 5) is 25.6. The second-order valence-electron chi connectivity index (χ2n) is 7.79. The second-order valence-corrected chi connectivity index (χ2v) is 7.79. The lowest BCUT2D eigenvalue weighted by atomic mass is 10.0. The highest BCUT2D eigenvalue weighted by Gasteiger charge is 2.34. The first-order chi connectivity index (χ1) is 17.0. The Morgan fingerprint density at radius 1 is 1.00 bits per heavy atom. The van der Waals surface area contributed by atoms with Crippen molar-refractivity contribution in [3.63, 3.8) is 0 Å². The van der Waals surface area contributed by atoms with Gasteiger partial charge in [-0.3, -0.25) is 15.0 Å². The number of nitrogens with one attached hydrogen (secondary N) is 1. The van der Waals surface area contributed by atoms with E-state index in [-0.39, 0.29) is 18.0 Å². The lowest BCUT2D eigenvalue weighted by Crippen LogP contribution is -2.35. The Bertz CT molecular complexity index is 1290. The quantitative estimate of drug-likeness (QED) is 0.271. The lowest BCUT2D eigenvalue weighted by Gasteiger charge is -2.17. The molecule has 0 aliphatic carbocycles. The molecule has 1 aliphatic rings. The molecule has 4 rings (SSSR count). The number of allylic oxidation sites excluding steroid dienone is 1. The number of ether oxygens (including phenoxy) is 2. The van der Waals surface area contributed by atoms with Gasteiger partial charge in [0.25, 0.3) is 11.8 Å². The molecule has 2 amide bonds. The van der Waals surface area contributed by atoms with Crippen LogP contribution in [-0.4, -0.2) is 18.4 Å². The van der Waals surface area contributed by atoms with Crippen molar-refractivity contribution < 1.29 is 23.5 Å². The molecule has 0 atom stereocenters. The average Bonchev–Trinajstić information content (AvgIpc) is 3.14. The Balaban J connectivity index is 1.68. The third kappa shape index (κ3) is 5.24. The van der Waals surface area contributed by atoms with Crippen LogP contribution in [0.4, 0.5) is 10.1 Å². The minimum atomic E-state index is -0.498. The monoisotopic (exact) mass is 472 g/mol. The molecule has 1 saturated heterocycles. The fraction of sp³-hybridized carbons (Fsp3) is 0.143. The van der Waals surface area contributed by atoms with Gasteiger partial charge in [-0.15, -0.1) is 6.58 Å². The van der Waals surface area contributed by atoms with Crippen LogP contribution in [0.5, 0.6) is 11.5 Å². The fourth-order valence-electron chi connectivity index (χ4n) is 3.75.